The lowest BCUT2D eigenvalue weighted by Gasteiger charge is -2.07. The molecule has 1 nitrogen and oxygen atoms in total. The Kier molecular flexibility index (Phi) is 3.43. The largest absolute Gasteiger partial charge is 0.393 e. The Labute approximate surface area is 101 Å². The van der Waals surface area contributed by atoms with E-state index in [0.717, 1.165) is 16.5 Å². The van der Waals surface area contributed by atoms with Crippen molar-refractivity contribution in [3.8, 4) is 0 Å². The fourth-order valence-electron chi connectivity index (χ4n) is 2.00. The Morgan fingerprint density at radius 2 is 2.00 bits per heavy atom. The minimum atomic E-state index is -0.341. The minimum absolute atomic E-state index is 0.174. The van der Waals surface area contributed by atoms with E-state index in [1.807, 2.05) is 31.2 Å². The number of rotatable bonds is 3. The lowest BCUT2D eigenvalue weighted by atomic mass is 10.0. The van der Waals surface area contributed by atoms with E-state index in [1.165, 1.54) is 0 Å². The van der Waals surface area contributed by atoms with Gasteiger partial charge in [0.05, 0.1) is 6.10 Å². The molecule has 0 heterocycles. The van der Waals surface area contributed by atoms with Crippen LogP contribution in [0.5, 0.6) is 0 Å². The Morgan fingerprint density at radius 1 is 1.24 bits per heavy atom. The van der Waals surface area contributed by atoms with E-state index in [0.29, 0.717) is 18.2 Å². The molecule has 0 amide bonds. The molecule has 0 fully saturated rings. The molecule has 2 aromatic carbocycles. The van der Waals surface area contributed by atoms with Gasteiger partial charge in [-0.2, -0.15) is 0 Å². The van der Waals surface area contributed by atoms with E-state index in [1.54, 1.807) is 13.0 Å². The summed E-state index contributed by atoms with van der Waals surface area (Å²) in [6.07, 6.45) is 1.03. The van der Waals surface area contributed by atoms with Crippen molar-refractivity contribution in [1.82, 2.24) is 0 Å². The van der Waals surface area contributed by atoms with Gasteiger partial charge in [-0.25, -0.2) is 4.39 Å². The van der Waals surface area contributed by atoms with E-state index >= 15 is 0 Å². The summed E-state index contributed by atoms with van der Waals surface area (Å²) in [5.74, 6) is -0.174. The summed E-state index contributed by atoms with van der Waals surface area (Å²) in [7, 11) is 0. The molecule has 0 aliphatic rings. The quantitative estimate of drug-likeness (QED) is 0.857. The van der Waals surface area contributed by atoms with E-state index in [-0.39, 0.29) is 11.9 Å². The number of benzene rings is 2. The zero-order chi connectivity index (χ0) is 12.4. The van der Waals surface area contributed by atoms with Crippen LogP contribution in [0.3, 0.4) is 0 Å². The van der Waals surface area contributed by atoms with Crippen LogP contribution in [-0.2, 0) is 6.42 Å². The first kappa shape index (κ1) is 12.1. The Hall–Kier alpha value is -1.41. The average molecular weight is 232 g/mol. The first-order chi connectivity index (χ1) is 8.06. The summed E-state index contributed by atoms with van der Waals surface area (Å²) in [4.78, 5) is 0. The van der Waals surface area contributed by atoms with Crippen LogP contribution in [0.15, 0.2) is 30.3 Å². The van der Waals surface area contributed by atoms with Gasteiger partial charge in [0.15, 0.2) is 0 Å². The molecule has 0 radical (unpaired) electrons. The summed E-state index contributed by atoms with van der Waals surface area (Å²) in [5, 5.41) is 10.8. The first-order valence-corrected chi connectivity index (χ1v) is 5.93. The number of halogens is 1. The maximum Gasteiger partial charge on any atom is 0.131 e. The number of aliphatic hydroxyl groups excluding tert-OH is 1. The van der Waals surface area contributed by atoms with Crippen molar-refractivity contribution < 1.29 is 9.50 Å². The van der Waals surface area contributed by atoms with Crippen LogP contribution in [0.2, 0.25) is 0 Å². The molecule has 0 spiro atoms. The highest BCUT2D eigenvalue weighted by Crippen LogP contribution is 2.22. The lowest BCUT2D eigenvalue weighted by Crippen LogP contribution is -2.01. The van der Waals surface area contributed by atoms with E-state index in [9.17, 15) is 9.50 Å². The predicted octanol–water partition coefficient (Wildman–Crippen LogP) is 3.60. The summed E-state index contributed by atoms with van der Waals surface area (Å²) in [6, 6.07) is 9.37. The van der Waals surface area contributed by atoms with Gasteiger partial charge in [-0.15, -0.1) is 0 Å². The molecule has 2 heteroatoms. The Morgan fingerprint density at radius 3 is 2.71 bits per heavy atom. The second-order valence-electron chi connectivity index (χ2n) is 4.69. The van der Waals surface area contributed by atoms with Gasteiger partial charge in [0, 0.05) is 5.39 Å². The zero-order valence-corrected chi connectivity index (χ0v) is 10.2. The van der Waals surface area contributed by atoms with Crippen molar-refractivity contribution in [2.45, 2.75) is 32.8 Å². The number of aliphatic hydroxyl groups is 1. The fourth-order valence-corrected chi connectivity index (χ4v) is 2.00. The van der Waals surface area contributed by atoms with Crippen molar-refractivity contribution >= 4 is 10.8 Å². The zero-order valence-electron chi connectivity index (χ0n) is 10.2. The molecule has 17 heavy (non-hydrogen) atoms. The van der Waals surface area contributed by atoms with Gasteiger partial charge in [-0.1, -0.05) is 23.8 Å². The number of aryl methyl sites for hydroxylation is 2. The SMILES string of the molecule is Cc1ccc2cc(CCC(C)O)cc(F)c2c1. The average Bonchev–Trinajstić information content (AvgIpc) is 2.27. The van der Waals surface area contributed by atoms with Crippen LogP contribution in [0, 0.1) is 12.7 Å². The molecule has 2 rings (SSSR count). The first-order valence-electron chi connectivity index (χ1n) is 5.93. The van der Waals surface area contributed by atoms with Crippen LogP contribution in [0.25, 0.3) is 10.8 Å². The highest BCUT2D eigenvalue weighted by Gasteiger charge is 2.05. The predicted molar refractivity (Wildman–Crippen MR) is 68.6 cm³/mol. The third kappa shape index (κ3) is 2.83. The lowest BCUT2D eigenvalue weighted by molar-refractivity contribution is 0.185. The molecule has 0 saturated heterocycles. The van der Waals surface area contributed by atoms with Crippen molar-refractivity contribution in [3.05, 3.63) is 47.3 Å². The molecular formula is C15H17FO. The van der Waals surface area contributed by atoms with E-state index in [2.05, 4.69) is 0 Å². The van der Waals surface area contributed by atoms with Gasteiger partial charge in [-0.3, -0.25) is 0 Å². The van der Waals surface area contributed by atoms with Gasteiger partial charge in [-0.05, 0) is 49.8 Å². The van der Waals surface area contributed by atoms with Crippen LogP contribution >= 0.6 is 0 Å². The van der Waals surface area contributed by atoms with E-state index in [4.69, 9.17) is 0 Å². The normalized spacial score (nSPS) is 12.9. The van der Waals surface area contributed by atoms with E-state index < -0.39 is 0 Å². The number of hydrogen-bond acceptors (Lipinski definition) is 1. The topological polar surface area (TPSA) is 20.2 Å². The standard InChI is InChI=1S/C15H17FO/c1-10-3-6-13-8-12(5-4-11(2)17)9-15(16)14(13)7-10/h3,6-9,11,17H,4-5H2,1-2H3. The van der Waals surface area contributed by atoms with Crippen molar-refractivity contribution in [1.29, 1.82) is 0 Å². The summed E-state index contributed by atoms with van der Waals surface area (Å²) < 4.78 is 13.9. The van der Waals surface area contributed by atoms with Crippen LogP contribution in [-0.4, -0.2) is 11.2 Å². The Bertz CT molecular complexity index is 532. The maximum atomic E-state index is 13.9. The van der Waals surface area contributed by atoms with Gasteiger partial charge >= 0.3 is 0 Å². The Balaban J connectivity index is 2.38. The highest BCUT2D eigenvalue weighted by atomic mass is 19.1. The third-order valence-corrected chi connectivity index (χ3v) is 2.97. The summed E-state index contributed by atoms with van der Waals surface area (Å²) in [5.41, 5.74) is 2.01. The molecule has 0 aliphatic heterocycles. The van der Waals surface area contributed by atoms with Crippen molar-refractivity contribution in [2.24, 2.45) is 0 Å². The second kappa shape index (κ2) is 4.84. The molecular weight excluding hydrogens is 215 g/mol. The summed E-state index contributed by atoms with van der Waals surface area (Å²) >= 11 is 0. The smallest absolute Gasteiger partial charge is 0.131 e. The molecule has 2 aromatic rings. The van der Waals surface area contributed by atoms with Crippen LogP contribution in [0.1, 0.15) is 24.5 Å². The molecule has 0 saturated carbocycles. The molecule has 0 aliphatic carbocycles. The van der Waals surface area contributed by atoms with Gasteiger partial charge in [0.25, 0.3) is 0 Å². The number of hydrogen-bond donors (Lipinski definition) is 1. The summed E-state index contributed by atoms with van der Waals surface area (Å²) in [6.45, 7) is 3.71. The van der Waals surface area contributed by atoms with Crippen LogP contribution < -0.4 is 0 Å². The van der Waals surface area contributed by atoms with Gasteiger partial charge in [0.2, 0.25) is 0 Å². The monoisotopic (exact) mass is 232 g/mol. The highest BCUT2D eigenvalue weighted by molar-refractivity contribution is 5.84. The van der Waals surface area contributed by atoms with Gasteiger partial charge in [0.1, 0.15) is 5.82 Å². The fraction of sp³-hybridized carbons (Fsp3) is 0.333. The number of fused-ring (bicyclic) bond motifs is 1. The molecule has 1 unspecified atom stereocenters. The minimum Gasteiger partial charge on any atom is -0.393 e. The van der Waals surface area contributed by atoms with Crippen molar-refractivity contribution in [3.63, 3.8) is 0 Å². The maximum absolute atomic E-state index is 13.9. The van der Waals surface area contributed by atoms with Crippen LogP contribution in [0.4, 0.5) is 4.39 Å². The molecule has 0 bridgehead atoms. The second-order valence-corrected chi connectivity index (χ2v) is 4.69. The third-order valence-electron chi connectivity index (χ3n) is 2.97. The van der Waals surface area contributed by atoms with Crippen molar-refractivity contribution in [2.75, 3.05) is 0 Å². The molecule has 1 atom stereocenters. The molecule has 0 aromatic heterocycles. The van der Waals surface area contributed by atoms with Gasteiger partial charge < -0.3 is 5.11 Å². The molecule has 1 N–H and O–H groups in total. The molecule has 90 valence electrons.